The van der Waals surface area contributed by atoms with Crippen LogP contribution in [0.3, 0.4) is 0 Å². The van der Waals surface area contributed by atoms with Gasteiger partial charge in [0.05, 0.1) is 24.6 Å². The highest BCUT2D eigenvalue weighted by molar-refractivity contribution is 5.86. The molecule has 2 aromatic carbocycles. The number of nitrogens with one attached hydrogen (secondary N) is 2. The second-order valence-electron chi connectivity index (χ2n) is 11.3. The zero-order valence-corrected chi connectivity index (χ0v) is 23.7. The van der Waals surface area contributed by atoms with Crippen LogP contribution in [0.2, 0.25) is 0 Å². The number of rotatable bonds is 9. The van der Waals surface area contributed by atoms with E-state index in [-0.39, 0.29) is 55.3 Å². The predicted octanol–water partition coefficient (Wildman–Crippen LogP) is 4.11. The normalized spacial score (nSPS) is 19.4. The van der Waals surface area contributed by atoms with Crippen LogP contribution < -0.4 is 15.4 Å². The Morgan fingerprint density at radius 1 is 1.07 bits per heavy atom. The minimum absolute atomic E-state index is 0.0183. The lowest BCUT2D eigenvalue weighted by molar-refractivity contribution is -0.146. The topological polar surface area (TPSA) is 114 Å². The van der Waals surface area contributed by atoms with Crippen LogP contribution in [0.15, 0.2) is 66.7 Å². The molecule has 0 bridgehead atoms. The van der Waals surface area contributed by atoms with E-state index in [1.54, 1.807) is 0 Å². The van der Waals surface area contributed by atoms with Crippen molar-refractivity contribution in [2.24, 2.45) is 11.3 Å². The highest BCUT2D eigenvalue weighted by atomic mass is 16.5. The van der Waals surface area contributed by atoms with Gasteiger partial charge in [0.25, 0.3) is 0 Å². The lowest BCUT2D eigenvalue weighted by Crippen LogP contribution is -2.50. The van der Waals surface area contributed by atoms with Gasteiger partial charge in [-0.3, -0.25) is 14.4 Å². The van der Waals surface area contributed by atoms with Gasteiger partial charge in [0.1, 0.15) is 19.0 Å². The molecule has 0 saturated heterocycles. The molecule has 0 radical (unpaired) electrons. The van der Waals surface area contributed by atoms with E-state index < -0.39 is 12.0 Å². The fraction of sp³-hybridized carbons (Fsp3) is 0.469. The van der Waals surface area contributed by atoms with Crippen LogP contribution >= 0.6 is 0 Å². The predicted molar refractivity (Wildman–Crippen MR) is 153 cm³/mol. The third-order valence-corrected chi connectivity index (χ3v) is 6.92. The van der Waals surface area contributed by atoms with E-state index in [0.717, 1.165) is 16.9 Å². The monoisotopic (exact) mass is 550 g/mol. The standard InChI is InChI=1S/C32H42N2O6/c1-32(2,3)28-22-40-30(37)13-9-5-8-12-25(31(38)34-28)19-29(36)33-26(20-35)18-23-14-16-27(17-15-23)39-21-24-10-6-4-7-11-24/h4-8,10-11,14-17,25-26,28,35H,9,12-13,18-22H2,1-3H3,(H,33,36)(H,34,38). The van der Waals surface area contributed by atoms with Crippen LogP contribution in [0.1, 0.15) is 57.6 Å². The third kappa shape index (κ3) is 10.5. The number of esters is 1. The molecule has 1 aliphatic heterocycles. The lowest BCUT2D eigenvalue weighted by Gasteiger charge is -2.32. The largest absolute Gasteiger partial charge is 0.489 e. The molecule has 1 aliphatic rings. The van der Waals surface area contributed by atoms with Crippen molar-refractivity contribution >= 4 is 17.8 Å². The van der Waals surface area contributed by atoms with E-state index >= 15 is 0 Å². The van der Waals surface area contributed by atoms with Gasteiger partial charge in [0.15, 0.2) is 0 Å². The Morgan fingerprint density at radius 2 is 1.80 bits per heavy atom. The van der Waals surface area contributed by atoms with E-state index in [0.29, 0.717) is 25.9 Å². The molecule has 0 aromatic heterocycles. The Bertz CT molecular complexity index is 1120. The summed E-state index contributed by atoms with van der Waals surface area (Å²) >= 11 is 0. The summed E-state index contributed by atoms with van der Waals surface area (Å²) in [5.41, 5.74) is 1.69. The van der Waals surface area contributed by atoms with Gasteiger partial charge in [-0.1, -0.05) is 75.4 Å². The molecule has 8 heteroatoms. The van der Waals surface area contributed by atoms with Crippen LogP contribution in [0.5, 0.6) is 5.75 Å². The number of ether oxygens (including phenoxy) is 2. The molecule has 0 saturated carbocycles. The summed E-state index contributed by atoms with van der Waals surface area (Å²) in [5.74, 6) is -0.711. The van der Waals surface area contributed by atoms with E-state index in [1.807, 2.05) is 87.5 Å². The van der Waals surface area contributed by atoms with Gasteiger partial charge < -0.3 is 25.2 Å². The highest BCUT2D eigenvalue weighted by Gasteiger charge is 2.31. The van der Waals surface area contributed by atoms with Gasteiger partial charge in [-0.25, -0.2) is 0 Å². The van der Waals surface area contributed by atoms with Crippen molar-refractivity contribution in [3.05, 3.63) is 77.9 Å². The SMILES string of the molecule is CC(C)(C)C1COC(=O)CCC=CCC(CC(=O)NC(CO)Cc2ccc(OCc3ccccc3)cc2)C(=O)N1. The van der Waals surface area contributed by atoms with Crippen molar-refractivity contribution in [3.8, 4) is 5.75 Å². The number of aliphatic hydroxyl groups excluding tert-OH is 1. The average Bonchev–Trinajstić information content (AvgIpc) is 2.92. The summed E-state index contributed by atoms with van der Waals surface area (Å²) in [6.45, 7) is 6.22. The quantitative estimate of drug-likeness (QED) is 0.320. The number of carbonyl (C=O) groups excluding carboxylic acids is 3. The second kappa shape index (κ2) is 15.2. The molecule has 1 heterocycles. The van der Waals surface area contributed by atoms with Crippen LogP contribution in [0.25, 0.3) is 0 Å². The minimum Gasteiger partial charge on any atom is -0.489 e. The zero-order valence-electron chi connectivity index (χ0n) is 23.7. The minimum atomic E-state index is -0.586. The molecule has 8 nitrogen and oxygen atoms in total. The maximum Gasteiger partial charge on any atom is 0.306 e. The first-order chi connectivity index (χ1) is 19.1. The number of benzene rings is 2. The molecule has 0 spiro atoms. The fourth-order valence-electron chi connectivity index (χ4n) is 4.33. The van der Waals surface area contributed by atoms with Crippen molar-refractivity contribution in [1.82, 2.24) is 10.6 Å². The van der Waals surface area contributed by atoms with E-state index in [9.17, 15) is 19.5 Å². The van der Waals surface area contributed by atoms with Gasteiger partial charge in [0, 0.05) is 12.8 Å². The van der Waals surface area contributed by atoms with Crippen LogP contribution in [-0.4, -0.2) is 48.2 Å². The Labute approximate surface area is 237 Å². The molecule has 3 N–H and O–H groups in total. The van der Waals surface area contributed by atoms with Gasteiger partial charge in [-0.2, -0.15) is 0 Å². The Hall–Kier alpha value is -3.65. The van der Waals surface area contributed by atoms with Crippen LogP contribution in [-0.2, 0) is 32.1 Å². The summed E-state index contributed by atoms with van der Waals surface area (Å²) < 4.78 is 11.2. The molecule has 0 fully saturated rings. The summed E-state index contributed by atoms with van der Waals surface area (Å²) in [4.78, 5) is 38.1. The molecule has 216 valence electrons. The van der Waals surface area contributed by atoms with Crippen molar-refractivity contribution in [2.75, 3.05) is 13.2 Å². The Morgan fingerprint density at radius 3 is 2.48 bits per heavy atom. The van der Waals surface area contributed by atoms with E-state index in [4.69, 9.17) is 9.47 Å². The van der Waals surface area contributed by atoms with Crippen molar-refractivity contribution in [1.29, 1.82) is 0 Å². The second-order valence-corrected chi connectivity index (χ2v) is 11.3. The Balaban J connectivity index is 1.57. The van der Waals surface area contributed by atoms with Gasteiger partial charge in [-0.05, 0) is 47.9 Å². The average molecular weight is 551 g/mol. The van der Waals surface area contributed by atoms with Gasteiger partial charge in [0.2, 0.25) is 11.8 Å². The first-order valence-electron chi connectivity index (χ1n) is 13.9. The first-order valence-corrected chi connectivity index (χ1v) is 13.9. The summed E-state index contributed by atoms with van der Waals surface area (Å²) in [6, 6.07) is 16.6. The highest BCUT2D eigenvalue weighted by Crippen LogP contribution is 2.22. The number of amides is 2. The molecule has 2 amide bonds. The maximum absolute atomic E-state index is 13.2. The molecule has 3 unspecified atom stereocenters. The first kappa shape index (κ1) is 30.9. The fourth-order valence-corrected chi connectivity index (χ4v) is 4.33. The number of carbonyl (C=O) groups is 3. The number of cyclic esters (lactones) is 1. The number of hydrogen-bond donors (Lipinski definition) is 3. The summed E-state index contributed by atoms with van der Waals surface area (Å²) in [5, 5.41) is 15.8. The van der Waals surface area contributed by atoms with Crippen molar-refractivity contribution in [3.63, 3.8) is 0 Å². The van der Waals surface area contributed by atoms with Crippen molar-refractivity contribution < 1.29 is 29.0 Å². The van der Waals surface area contributed by atoms with Crippen LogP contribution in [0, 0.1) is 11.3 Å². The maximum atomic E-state index is 13.2. The molecule has 3 rings (SSSR count). The Kier molecular flexibility index (Phi) is 11.8. The number of aliphatic hydroxyl groups is 1. The summed E-state index contributed by atoms with van der Waals surface area (Å²) in [6.07, 6.45) is 5.26. The van der Waals surface area contributed by atoms with E-state index in [1.165, 1.54) is 0 Å². The molecule has 0 aliphatic carbocycles. The number of hydrogen-bond acceptors (Lipinski definition) is 6. The lowest BCUT2D eigenvalue weighted by atomic mass is 9.86. The number of allylic oxidation sites excluding steroid dienone is 2. The van der Waals surface area contributed by atoms with Crippen molar-refractivity contribution in [2.45, 2.75) is 71.6 Å². The molecule has 2 aromatic rings. The van der Waals surface area contributed by atoms with Crippen LogP contribution in [0.4, 0.5) is 0 Å². The van der Waals surface area contributed by atoms with Gasteiger partial charge in [-0.15, -0.1) is 0 Å². The molecule has 40 heavy (non-hydrogen) atoms. The third-order valence-electron chi connectivity index (χ3n) is 6.92. The van der Waals surface area contributed by atoms with E-state index in [2.05, 4.69) is 10.6 Å². The summed E-state index contributed by atoms with van der Waals surface area (Å²) in [7, 11) is 0. The molecular weight excluding hydrogens is 508 g/mol. The molecule has 3 atom stereocenters. The van der Waals surface area contributed by atoms with Gasteiger partial charge >= 0.3 is 5.97 Å². The molecular formula is C32H42N2O6. The smallest absolute Gasteiger partial charge is 0.306 e. The zero-order chi connectivity index (χ0) is 29.0.